The van der Waals surface area contributed by atoms with Crippen LogP contribution in [-0.4, -0.2) is 36.2 Å². The van der Waals surface area contributed by atoms with Crippen molar-refractivity contribution in [3.8, 4) is 0 Å². The summed E-state index contributed by atoms with van der Waals surface area (Å²) in [6.07, 6.45) is 0.113. The predicted molar refractivity (Wildman–Crippen MR) is 89.8 cm³/mol. The van der Waals surface area contributed by atoms with Crippen molar-refractivity contribution < 1.29 is 19.4 Å². The summed E-state index contributed by atoms with van der Waals surface area (Å²) >= 11 is 0. The van der Waals surface area contributed by atoms with Gasteiger partial charge in [-0.2, -0.15) is 0 Å². The molecule has 0 aliphatic carbocycles. The molecule has 0 saturated heterocycles. The van der Waals surface area contributed by atoms with E-state index in [2.05, 4.69) is 5.32 Å². The van der Waals surface area contributed by atoms with Crippen LogP contribution in [0.25, 0.3) is 0 Å². The van der Waals surface area contributed by atoms with Crippen molar-refractivity contribution in [2.45, 2.75) is 38.4 Å². The first-order valence-electron chi connectivity index (χ1n) is 7.96. The van der Waals surface area contributed by atoms with E-state index in [9.17, 15) is 14.7 Å². The fourth-order valence-electron chi connectivity index (χ4n) is 3.29. The van der Waals surface area contributed by atoms with E-state index < -0.39 is 29.4 Å². The molecule has 130 valence electrons. The highest BCUT2D eigenvalue weighted by molar-refractivity contribution is 5.95. The summed E-state index contributed by atoms with van der Waals surface area (Å²) in [5.74, 6) is -1.18. The highest BCUT2D eigenvalue weighted by Gasteiger charge is 2.53. The number of carbonyl (C=O) groups is 2. The molecule has 1 aromatic carbocycles. The Kier molecular flexibility index (Phi) is 5.29. The van der Waals surface area contributed by atoms with E-state index >= 15 is 0 Å². The molecule has 1 aliphatic rings. The number of hydrogen-bond acceptors (Lipinski definition) is 4. The third-order valence-corrected chi connectivity index (χ3v) is 4.47. The van der Waals surface area contributed by atoms with E-state index in [1.54, 1.807) is 6.92 Å². The van der Waals surface area contributed by atoms with Crippen molar-refractivity contribution in [1.82, 2.24) is 5.32 Å². The molecule has 2 rings (SSSR count). The fourth-order valence-corrected chi connectivity index (χ4v) is 3.29. The second-order valence-corrected chi connectivity index (χ2v) is 6.28. The summed E-state index contributed by atoms with van der Waals surface area (Å²) in [6.45, 7) is 3.50. The number of aliphatic hydroxyl groups excluding tert-OH is 1. The lowest BCUT2D eigenvalue weighted by Crippen LogP contribution is -2.47. The molecule has 0 aromatic heterocycles. The number of likely N-dealkylation sites (N-methyl/N-ethyl adjacent to an activating group) is 1. The number of carbonyl (C=O) groups excluding carboxylic acids is 2. The molecule has 6 heteroatoms. The van der Waals surface area contributed by atoms with Crippen LogP contribution in [0.15, 0.2) is 42.2 Å². The number of hydrogen-bond donors (Lipinski definition) is 3. The molecule has 1 heterocycles. The standard InChI is InChI=1S/C18H24N2O4/c1-11(21)9-18(17(19)23)10-14(16(22)20-3)24-15(18)12(2)13-7-5-4-6-8-13/h4-8,10-12,15,21H,9H2,1-3H3,(H2,19,23)(H,20,22)/t11?,12-,15?,18?/m0/s1. The maximum Gasteiger partial charge on any atom is 0.285 e. The van der Waals surface area contributed by atoms with Crippen LogP contribution in [0.1, 0.15) is 31.7 Å². The van der Waals surface area contributed by atoms with E-state index in [0.717, 1.165) is 5.56 Å². The Morgan fingerprint density at radius 3 is 2.46 bits per heavy atom. The van der Waals surface area contributed by atoms with E-state index in [4.69, 9.17) is 10.5 Å². The molecule has 2 amide bonds. The van der Waals surface area contributed by atoms with E-state index in [0.29, 0.717) is 0 Å². The Morgan fingerprint density at radius 2 is 1.96 bits per heavy atom. The summed E-state index contributed by atoms with van der Waals surface area (Å²) in [7, 11) is 1.49. The third-order valence-electron chi connectivity index (χ3n) is 4.47. The van der Waals surface area contributed by atoms with Gasteiger partial charge >= 0.3 is 0 Å². The van der Waals surface area contributed by atoms with E-state index in [1.165, 1.54) is 13.1 Å². The van der Waals surface area contributed by atoms with Crippen LogP contribution in [0.5, 0.6) is 0 Å². The second kappa shape index (κ2) is 7.05. The van der Waals surface area contributed by atoms with Crippen molar-refractivity contribution in [3.63, 3.8) is 0 Å². The topological polar surface area (TPSA) is 102 Å². The Bertz CT molecular complexity index is 642. The number of nitrogens with one attached hydrogen (secondary N) is 1. The van der Waals surface area contributed by atoms with Gasteiger partial charge in [0.05, 0.1) is 6.10 Å². The van der Waals surface area contributed by atoms with Crippen LogP contribution < -0.4 is 11.1 Å². The Hall–Kier alpha value is -2.34. The molecule has 1 aliphatic heterocycles. The third kappa shape index (κ3) is 3.28. The van der Waals surface area contributed by atoms with E-state index in [1.807, 2.05) is 37.3 Å². The van der Waals surface area contributed by atoms with Gasteiger partial charge in [-0.15, -0.1) is 0 Å². The number of aliphatic hydroxyl groups is 1. The van der Waals surface area contributed by atoms with Gasteiger partial charge in [0.1, 0.15) is 11.5 Å². The molecule has 4 N–H and O–H groups in total. The molecule has 0 bridgehead atoms. The van der Waals surface area contributed by atoms with Crippen molar-refractivity contribution >= 4 is 11.8 Å². The molecule has 24 heavy (non-hydrogen) atoms. The highest BCUT2D eigenvalue weighted by Crippen LogP contribution is 2.45. The fraction of sp³-hybridized carbons (Fsp3) is 0.444. The number of ether oxygens (including phenoxy) is 1. The number of primary amides is 1. The van der Waals surface area contributed by atoms with Gasteiger partial charge in [0.15, 0.2) is 5.76 Å². The molecule has 4 atom stereocenters. The van der Waals surface area contributed by atoms with Crippen LogP contribution in [0, 0.1) is 5.41 Å². The Labute approximate surface area is 141 Å². The number of benzene rings is 1. The van der Waals surface area contributed by atoms with Crippen LogP contribution in [0.3, 0.4) is 0 Å². The smallest absolute Gasteiger partial charge is 0.285 e. The van der Waals surface area contributed by atoms with Gasteiger partial charge in [0.2, 0.25) is 5.91 Å². The van der Waals surface area contributed by atoms with Gasteiger partial charge in [0.25, 0.3) is 5.91 Å². The summed E-state index contributed by atoms with van der Waals surface area (Å²) < 4.78 is 5.85. The molecular formula is C18H24N2O4. The zero-order valence-electron chi connectivity index (χ0n) is 14.2. The Balaban J connectivity index is 2.48. The normalized spacial score (nSPS) is 25.3. The Morgan fingerprint density at radius 1 is 1.33 bits per heavy atom. The summed E-state index contributed by atoms with van der Waals surface area (Å²) in [6, 6.07) is 9.56. The SMILES string of the molecule is CNC(=O)C1=CC(CC(C)O)(C(N)=O)C([C@@H](C)c2ccccc2)O1. The molecule has 0 saturated carbocycles. The van der Waals surface area contributed by atoms with Gasteiger partial charge in [-0.1, -0.05) is 37.3 Å². The molecular weight excluding hydrogens is 308 g/mol. The van der Waals surface area contributed by atoms with Gasteiger partial charge in [0, 0.05) is 13.0 Å². The lowest BCUT2D eigenvalue weighted by molar-refractivity contribution is -0.133. The largest absolute Gasteiger partial charge is 0.483 e. The van der Waals surface area contributed by atoms with Crippen molar-refractivity contribution in [3.05, 3.63) is 47.7 Å². The van der Waals surface area contributed by atoms with Gasteiger partial charge in [-0.05, 0) is 25.0 Å². The second-order valence-electron chi connectivity index (χ2n) is 6.28. The van der Waals surface area contributed by atoms with Crippen LogP contribution in [0.2, 0.25) is 0 Å². The average Bonchev–Trinajstić information content (AvgIpc) is 2.94. The average molecular weight is 332 g/mol. The van der Waals surface area contributed by atoms with Gasteiger partial charge in [-0.25, -0.2) is 0 Å². The van der Waals surface area contributed by atoms with Crippen LogP contribution >= 0.6 is 0 Å². The predicted octanol–water partition coefficient (Wildman–Crippen LogP) is 1.06. The number of nitrogens with two attached hydrogens (primary N) is 1. The minimum Gasteiger partial charge on any atom is -0.483 e. The lowest BCUT2D eigenvalue weighted by atomic mass is 9.71. The molecule has 6 nitrogen and oxygen atoms in total. The molecule has 1 aromatic rings. The maximum absolute atomic E-state index is 12.3. The molecule has 0 radical (unpaired) electrons. The maximum atomic E-state index is 12.3. The first kappa shape index (κ1) is 18.0. The highest BCUT2D eigenvalue weighted by atomic mass is 16.5. The van der Waals surface area contributed by atoms with Gasteiger partial charge in [-0.3, -0.25) is 9.59 Å². The summed E-state index contributed by atoms with van der Waals surface area (Å²) in [5.41, 5.74) is 5.40. The van der Waals surface area contributed by atoms with Gasteiger partial charge < -0.3 is 20.9 Å². The van der Waals surface area contributed by atoms with Crippen molar-refractivity contribution in [2.24, 2.45) is 11.1 Å². The summed E-state index contributed by atoms with van der Waals surface area (Å²) in [4.78, 5) is 24.3. The number of rotatable bonds is 6. The minimum absolute atomic E-state index is 0.0599. The molecule has 3 unspecified atom stereocenters. The minimum atomic E-state index is -1.24. The monoisotopic (exact) mass is 332 g/mol. The quantitative estimate of drug-likeness (QED) is 0.725. The zero-order chi connectivity index (χ0) is 17.9. The van der Waals surface area contributed by atoms with Crippen molar-refractivity contribution in [2.75, 3.05) is 7.05 Å². The summed E-state index contributed by atoms with van der Waals surface area (Å²) in [5, 5.41) is 12.4. The van der Waals surface area contributed by atoms with Crippen molar-refractivity contribution in [1.29, 1.82) is 0 Å². The molecule has 0 spiro atoms. The first-order valence-corrected chi connectivity index (χ1v) is 7.96. The van der Waals surface area contributed by atoms with Crippen LogP contribution in [0.4, 0.5) is 0 Å². The zero-order valence-corrected chi connectivity index (χ0v) is 14.2. The molecule has 0 fully saturated rings. The number of amides is 2. The van der Waals surface area contributed by atoms with Crippen LogP contribution in [-0.2, 0) is 14.3 Å². The van der Waals surface area contributed by atoms with E-state index in [-0.39, 0.29) is 18.1 Å². The first-order chi connectivity index (χ1) is 11.3. The lowest BCUT2D eigenvalue weighted by Gasteiger charge is -2.35.